The summed E-state index contributed by atoms with van der Waals surface area (Å²) in [5.74, 6) is -0.772. The summed E-state index contributed by atoms with van der Waals surface area (Å²) in [4.78, 5) is 29.2. The van der Waals surface area contributed by atoms with Gasteiger partial charge in [0.15, 0.2) is 0 Å². The molecule has 24 heavy (non-hydrogen) atoms. The van der Waals surface area contributed by atoms with E-state index in [1.54, 1.807) is 19.2 Å². The third-order valence-electron chi connectivity index (χ3n) is 3.21. The number of carbonyl (C=O) groups excluding carboxylic acids is 2. The van der Waals surface area contributed by atoms with E-state index in [0.717, 1.165) is 15.4 Å². The summed E-state index contributed by atoms with van der Waals surface area (Å²) in [5.41, 5.74) is 0.956. The lowest BCUT2D eigenvalue weighted by atomic mass is 10.1. The zero-order valence-corrected chi connectivity index (χ0v) is 14.5. The molecule has 1 unspecified atom stereocenters. The largest absolute Gasteiger partial charge is 0.464 e. The van der Waals surface area contributed by atoms with Crippen LogP contribution in [0.4, 0.5) is 0 Å². The molecule has 6 heteroatoms. The van der Waals surface area contributed by atoms with Crippen LogP contribution in [0.1, 0.15) is 22.4 Å². The van der Waals surface area contributed by atoms with Crippen LogP contribution in [0.15, 0.2) is 42.6 Å². The van der Waals surface area contributed by atoms with Crippen LogP contribution >= 0.6 is 11.3 Å². The second-order valence-corrected chi connectivity index (χ2v) is 6.38. The van der Waals surface area contributed by atoms with E-state index in [1.165, 1.54) is 17.4 Å². The van der Waals surface area contributed by atoms with Crippen LogP contribution < -0.4 is 5.32 Å². The van der Waals surface area contributed by atoms with E-state index in [9.17, 15) is 9.59 Å². The van der Waals surface area contributed by atoms with Gasteiger partial charge in [-0.15, -0.1) is 11.3 Å². The van der Waals surface area contributed by atoms with E-state index in [-0.39, 0.29) is 12.5 Å². The van der Waals surface area contributed by atoms with Gasteiger partial charge in [-0.05, 0) is 25.5 Å². The Morgan fingerprint density at radius 2 is 2.08 bits per heavy atom. The van der Waals surface area contributed by atoms with Gasteiger partial charge < -0.3 is 10.1 Å². The fourth-order valence-corrected chi connectivity index (χ4v) is 2.81. The Kier molecular flexibility index (Phi) is 6.69. The summed E-state index contributed by atoms with van der Waals surface area (Å²) in [7, 11) is 0. The van der Waals surface area contributed by atoms with Gasteiger partial charge >= 0.3 is 5.97 Å². The summed E-state index contributed by atoms with van der Waals surface area (Å²) >= 11 is 1.50. The summed E-state index contributed by atoms with van der Waals surface area (Å²) < 4.78 is 5.06. The summed E-state index contributed by atoms with van der Waals surface area (Å²) in [6.45, 7) is 3.92. The fourth-order valence-electron chi connectivity index (χ4n) is 2.12. The molecule has 5 nitrogen and oxygen atoms in total. The Labute approximate surface area is 145 Å². The molecular formula is C18H20N2O3S. The summed E-state index contributed by atoms with van der Waals surface area (Å²) in [6, 6.07) is 8.80. The maximum Gasteiger partial charge on any atom is 0.328 e. The minimum atomic E-state index is -0.715. The number of carbonyl (C=O) groups is 2. The lowest BCUT2D eigenvalue weighted by molar-refractivity contribution is -0.146. The number of hydrogen-bond donors (Lipinski definition) is 1. The number of aryl methyl sites for hydroxylation is 1. The predicted molar refractivity (Wildman–Crippen MR) is 94.6 cm³/mol. The van der Waals surface area contributed by atoms with Crippen LogP contribution in [0.3, 0.4) is 0 Å². The predicted octanol–water partition coefficient (Wildman–Crippen LogP) is 2.76. The number of benzene rings is 1. The fraction of sp³-hybridized carbons (Fsp3) is 0.278. The molecule has 1 N–H and O–H groups in total. The van der Waals surface area contributed by atoms with Gasteiger partial charge in [-0.1, -0.05) is 30.3 Å². The van der Waals surface area contributed by atoms with Crippen LogP contribution in [0.5, 0.6) is 0 Å². The number of thiazole rings is 1. The number of amides is 1. The quantitative estimate of drug-likeness (QED) is 0.619. The Morgan fingerprint density at radius 3 is 2.71 bits per heavy atom. The topological polar surface area (TPSA) is 68.3 Å². The van der Waals surface area contributed by atoms with Gasteiger partial charge in [0, 0.05) is 23.6 Å². The van der Waals surface area contributed by atoms with Gasteiger partial charge in [0.2, 0.25) is 5.91 Å². The van der Waals surface area contributed by atoms with Crippen LogP contribution in [-0.2, 0) is 20.7 Å². The van der Waals surface area contributed by atoms with E-state index in [4.69, 9.17) is 4.74 Å². The molecule has 0 bridgehead atoms. The highest BCUT2D eigenvalue weighted by atomic mass is 32.1. The Bertz CT molecular complexity index is 710. The zero-order chi connectivity index (χ0) is 17.4. The number of nitrogens with one attached hydrogen (secondary N) is 1. The van der Waals surface area contributed by atoms with Crippen molar-refractivity contribution in [1.29, 1.82) is 0 Å². The normalized spacial score (nSPS) is 12.1. The van der Waals surface area contributed by atoms with Crippen LogP contribution in [0.25, 0.3) is 6.08 Å². The highest BCUT2D eigenvalue weighted by Crippen LogP contribution is 2.13. The number of aromatic nitrogens is 1. The number of ether oxygens (including phenoxy) is 1. The highest BCUT2D eigenvalue weighted by molar-refractivity contribution is 7.12. The molecule has 1 atom stereocenters. The van der Waals surface area contributed by atoms with Crippen LogP contribution in [0.2, 0.25) is 0 Å². The smallest absolute Gasteiger partial charge is 0.328 e. The molecular weight excluding hydrogens is 324 g/mol. The second kappa shape index (κ2) is 8.98. The van der Waals surface area contributed by atoms with Crippen molar-refractivity contribution in [2.45, 2.75) is 26.3 Å². The lowest BCUT2D eigenvalue weighted by Gasteiger charge is -2.16. The van der Waals surface area contributed by atoms with Crippen molar-refractivity contribution in [2.24, 2.45) is 0 Å². The van der Waals surface area contributed by atoms with Gasteiger partial charge in [0.05, 0.1) is 11.6 Å². The van der Waals surface area contributed by atoms with E-state index >= 15 is 0 Å². The first-order chi connectivity index (χ1) is 11.6. The first-order valence-electron chi connectivity index (χ1n) is 7.70. The molecule has 0 fully saturated rings. The molecule has 0 aliphatic heterocycles. The van der Waals surface area contributed by atoms with E-state index < -0.39 is 12.0 Å². The van der Waals surface area contributed by atoms with Gasteiger partial charge in [-0.25, -0.2) is 9.78 Å². The van der Waals surface area contributed by atoms with Gasteiger partial charge in [-0.2, -0.15) is 0 Å². The number of hydrogen-bond acceptors (Lipinski definition) is 5. The molecule has 0 spiro atoms. The molecule has 0 saturated heterocycles. The van der Waals surface area contributed by atoms with Crippen molar-refractivity contribution in [3.05, 3.63) is 58.1 Å². The molecule has 1 aromatic carbocycles. The van der Waals surface area contributed by atoms with Crippen LogP contribution in [-0.4, -0.2) is 29.5 Å². The molecule has 2 aromatic rings. The molecule has 0 aliphatic rings. The Morgan fingerprint density at radius 1 is 1.33 bits per heavy atom. The van der Waals surface area contributed by atoms with Crippen molar-refractivity contribution in [1.82, 2.24) is 10.3 Å². The molecule has 1 aromatic heterocycles. The average Bonchev–Trinajstić information content (AvgIpc) is 2.99. The SMILES string of the molecule is CCOC(=O)C(Cc1ccccc1)NC(=O)C=Cc1cnc(C)s1. The van der Waals surface area contributed by atoms with Gasteiger partial charge in [-0.3, -0.25) is 4.79 Å². The van der Waals surface area contributed by atoms with E-state index in [0.29, 0.717) is 6.42 Å². The third kappa shape index (κ3) is 5.62. The third-order valence-corrected chi connectivity index (χ3v) is 4.09. The van der Waals surface area contributed by atoms with Crippen molar-refractivity contribution >= 4 is 29.3 Å². The standard InChI is InChI=1S/C18H20N2O3S/c1-3-23-18(22)16(11-14-7-5-4-6-8-14)20-17(21)10-9-15-12-19-13(2)24-15/h4-10,12,16H,3,11H2,1-2H3,(H,20,21). The van der Waals surface area contributed by atoms with Crippen molar-refractivity contribution in [3.8, 4) is 0 Å². The monoisotopic (exact) mass is 344 g/mol. The second-order valence-electron chi connectivity index (χ2n) is 5.12. The number of esters is 1. The maximum atomic E-state index is 12.1. The molecule has 126 valence electrons. The minimum Gasteiger partial charge on any atom is -0.464 e. The van der Waals surface area contributed by atoms with Crippen molar-refractivity contribution < 1.29 is 14.3 Å². The molecule has 1 heterocycles. The Hall–Kier alpha value is -2.47. The minimum absolute atomic E-state index is 0.274. The van der Waals surface area contributed by atoms with Gasteiger partial charge in [0.1, 0.15) is 6.04 Å². The van der Waals surface area contributed by atoms with Crippen LogP contribution in [0, 0.1) is 6.92 Å². The van der Waals surface area contributed by atoms with Crippen molar-refractivity contribution in [3.63, 3.8) is 0 Å². The van der Waals surface area contributed by atoms with E-state index in [2.05, 4.69) is 10.3 Å². The van der Waals surface area contributed by atoms with E-state index in [1.807, 2.05) is 37.3 Å². The maximum absolute atomic E-state index is 12.1. The molecule has 2 rings (SSSR count). The molecule has 0 radical (unpaired) electrons. The lowest BCUT2D eigenvalue weighted by Crippen LogP contribution is -2.42. The molecule has 0 aliphatic carbocycles. The number of nitrogens with zero attached hydrogens (tertiary/aromatic N) is 1. The first-order valence-corrected chi connectivity index (χ1v) is 8.51. The summed E-state index contributed by atoms with van der Waals surface area (Å²) in [6.07, 6.45) is 5.18. The highest BCUT2D eigenvalue weighted by Gasteiger charge is 2.21. The van der Waals surface area contributed by atoms with Crippen molar-refractivity contribution in [2.75, 3.05) is 6.61 Å². The summed E-state index contributed by atoms with van der Waals surface area (Å²) in [5, 5.41) is 3.64. The molecule has 0 saturated carbocycles. The first kappa shape index (κ1) is 17.9. The van der Waals surface area contributed by atoms with Gasteiger partial charge in [0.25, 0.3) is 0 Å². The zero-order valence-electron chi connectivity index (χ0n) is 13.7. The Balaban J connectivity index is 2.02. The molecule has 1 amide bonds. The number of rotatable bonds is 7. The average molecular weight is 344 g/mol.